The number of unbranched alkanes of at least 4 members (excludes halogenated alkanes) is 8. The molecule has 0 aliphatic rings. The minimum absolute atomic E-state index is 0.0270. The molecule has 0 aromatic rings. The van der Waals surface area contributed by atoms with Crippen LogP contribution in [0.2, 0.25) is 0 Å². The maximum Gasteiger partial charge on any atom is 0.302 e. The van der Waals surface area contributed by atoms with Crippen molar-refractivity contribution in [2.45, 2.75) is 97.8 Å². The number of hydrogen-bond acceptors (Lipinski definition) is 4. The van der Waals surface area contributed by atoms with Crippen LogP contribution in [-0.2, 0) is 19.1 Å². The predicted octanol–water partition coefficient (Wildman–Crippen LogP) is 5.33. The molecular weight excluding hydrogens is 404 g/mol. The number of hydrogen-bond donors (Lipinski definition) is 1. The summed E-state index contributed by atoms with van der Waals surface area (Å²) in [6.45, 7) is 6.40. The van der Waals surface area contributed by atoms with Gasteiger partial charge in [0.1, 0.15) is 6.61 Å². The second-order valence-electron chi connectivity index (χ2n) is 8.18. The highest BCUT2D eigenvalue weighted by Gasteiger charge is 2.09. The summed E-state index contributed by atoms with van der Waals surface area (Å²) in [6, 6.07) is 0. The highest BCUT2D eigenvalue weighted by atomic mass is 16.5. The lowest BCUT2D eigenvalue weighted by Gasteiger charge is -2.20. The van der Waals surface area contributed by atoms with Crippen molar-refractivity contribution in [3.63, 3.8) is 0 Å². The summed E-state index contributed by atoms with van der Waals surface area (Å²) in [7, 11) is 0. The zero-order chi connectivity index (χ0) is 23.9. The van der Waals surface area contributed by atoms with E-state index < -0.39 is 0 Å². The van der Waals surface area contributed by atoms with E-state index in [9.17, 15) is 14.4 Å². The molecule has 0 saturated carbocycles. The van der Waals surface area contributed by atoms with Crippen molar-refractivity contribution in [1.82, 2.24) is 10.2 Å². The molecule has 0 atom stereocenters. The van der Waals surface area contributed by atoms with E-state index in [1.807, 2.05) is 0 Å². The lowest BCUT2D eigenvalue weighted by Crippen LogP contribution is -2.39. The fraction of sp³-hybridized carbons (Fsp3) is 0.731. The molecule has 0 spiro atoms. The number of allylic oxidation sites excluding steroid dienone is 4. The highest BCUT2D eigenvalue weighted by Crippen LogP contribution is 2.08. The van der Waals surface area contributed by atoms with Crippen LogP contribution in [0.25, 0.3) is 0 Å². The van der Waals surface area contributed by atoms with Crippen LogP contribution in [0, 0.1) is 0 Å². The topological polar surface area (TPSA) is 75.7 Å². The van der Waals surface area contributed by atoms with Crippen LogP contribution in [0.4, 0.5) is 0 Å². The van der Waals surface area contributed by atoms with Crippen molar-refractivity contribution in [2.24, 2.45) is 0 Å². The molecule has 184 valence electrons. The summed E-state index contributed by atoms with van der Waals surface area (Å²) in [5.41, 5.74) is 0. The number of rotatable bonds is 20. The molecule has 32 heavy (non-hydrogen) atoms. The van der Waals surface area contributed by atoms with Crippen LogP contribution in [0.1, 0.15) is 97.8 Å². The largest absolute Gasteiger partial charge is 0.464 e. The van der Waals surface area contributed by atoms with Crippen molar-refractivity contribution in [3.8, 4) is 0 Å². The lowest BCUT2D eigenvalue weighted by molar-refractivity contribution is -0.143. The first-order valence-electron chi connectivity index (χ1n) is 12.4. The third kappa shape index (κ3) is 21.1. The van der Waals surface area contributed by atoms with Gasteiger partial charge in [-0.3, -0.25) is 14.4 Å². The van der Waals surface area contributed by atoms with Gasteiger partial charge in [0.25, 0.3) is 0 Å². The monoisotopic (exact) mass is 450 g/mol. The van der Waals surface area contributed by atoms with Gasteiger partial charge >= 0.3 is 5.97 Å². The maximum atomic E-state index is 11.9. The number of amides is 2. The zero-order valence-corrected chi connectivity index (χ0v) is 20.7. The standard InChI is InChI=1S/C26H46N2O4/c1-4-5-6-7-8-9-10-11-12-13-14-15-16-17-18-19-26(31)27-20-21-28(24(2)29)22-23-32-25(3)30/h8-9,11-12H,4-7,10,13-23H2,1-3H3,(H,27,31)/b9-8-,12-11-. The smallest absolute Gasteiger partial charge is 0.302 e. The van der Waals surface area contributed by atoms with Crippen molar-refractivity contribution in [3.05, 3.63) is 24.3 Å². The molecule has 0 aliphatic heterocycles. The Balaban J connectivity index is 3.58. The molecular formula is C26H46N2O4. The first-order valence-corrected chi connectivity index (χ1v) is 12.4. The Morgan fingerprint density at radius 1 is 0.812 bits per heavy atom. The summed E-state index contributed by atoms with van der Waals surface area (Å²) in [6.07, 6.45) is 22.4. The van der Waals surface area contributed by atoms with E-state index in [1.165, 1.54) is 52.4 Å². The lowest BCUT2D eigenvalue weighted by atomic mass is 10.1. The molecule has 0 aromatic carbocycles. The minimum atomic E-state index is -0.362. The molecule has 0 saturated heterocycles. The predicted molar refractivity (Wildman–Crippen MR) is 131 cm³/mol. The van der Waals surface area contributed by atoms with E-state index in [1.54, 1.807) is 4.90 Å². The fourth-order valence-electron chi connectivity index (χ4n) is 3.24. The normalized spacial score (nSPS) is 11.2. The van der Waals surface area contributed by atoms with E-state index in [0.717, 1.165) is 32.1 Å². The van der Waals surface area contributed by atoms with E-state index in [0.29, 0.717) is 26.1 Å². The Kier molecular flexibility index (Phi) is 20.6. The van der Waals surface area contributed by atoms with Crippen molar-refractivity contribution >= 4 is 17.8 Å². The van der Waals surface area contributed by atoms with Gasteiger partial charge in [0.15, 0.2) is 0 Å². The summed E-state index contributed by atoms with van der Waals surface area (Å²) in [5, 5.41) is 2.86. The van der Waals surface area contributed by atoms with E-state index in [4.69, 9.17) is 4.74 Å². The summed E-state index contributed by atoms with van der Waals surface area (Å²) < 4.78 is 4.86. The molecule has 0 rings (SSSR count). The number of nitrogens with zero attached hydrogens (tertiary/aromatic N) is 1. The molecule has 6 nitrogen and oxygen atoms in total. The molecule has 0 unspecified atom stereocenters. The third-order valence-electron chi connectivity index (χ3n) is 5.17. The summed E-state index contributed by atoms with van der Waals surface area (Å²) in [5.74, 6) is -0.432. The molecule has 0 aromatic heterocycles. The van der Waals surface area contributed by atoms with Crippen molar-refractivity contribution in [1.29, 1.82) is 0 Å². The molecule has 6 heteroatoms. The van der Waals surface area contributed by atoms with Gasteiger partial charge in [-0.1, -0.05) is 63.3 Å². The van der Waals surface area contributed by atoms with Gasteiger partial charge in [-0.05, 0) is 38.5 Å². The van der Waals surface area contributed by atoms with Crippen LogP contribution in [0.15, 0.2) is 24.3 Å². The number of carbonyl (C=O) groups is 3. The average molecular weight is 451 g/mol. The summed E-state index contributed by atoms with van der Waals surface area (Å²) in [4.78, 5) is 35.9. The molecule has 0 bridgehead atoms. The molecule has 1 N–H and O–H groups in total. The van der Waals surface area contributed by atoms with Crippen molar-refractivity contribution in [2.75, 3.05) is 26.2 Å². The molecule has 2 amide bonds. The maximum absolute atomic E-state index is 11.9. The zero-order valence-electron chi connectivity index (χ0n) is 20.7. The minimum Gasteiger partial charge on any atom is -0.464 e. The van der Waals surface area contributed by atoms with Crippen LogP contribution in [0.5, 0.6) is 0 Å². The Bertz CT molecular complexity index is 558. The fourth-order valence-corrected chi connectivity index (χ4v) is 3.24. The molecule has 0 heterocycles. The summed E-state index contributed by atoms with van der Waals surface area (Å²) >= 11 is 0. The Morgan fingerprint density at radius 2 is 1.44 bits per heavy atom. The Labute approximate surface area is 195 Å². The van der Waals surface area contributed by atoms with Gasteiger partial charge < -0.3 is 15.0 Å². The number of carbonyl (C=O) groups excluding carboxylic acids is 3. The van der Waals surface area contributed by atoms with E-state index in [2.05, 4.69) is 36.5 Å². The number of nitrogens with one attached hydrogen (secondary N) is 1. The highest BCUT2D eigenvalue weighted by molar-refractivity contribution is 5.76. The van der Waals surface area contributed by atoms with Crippen LogP contribution < -0.4 is 5.32 Å². The van der Waals surface area contributed by atoms with Gasteiger partial charge in [-0.2, -0.15) is 0 Å². The number of esters is 1. The SMILES string of the molecule is CCCCC/C=C\C/C=C\CCCCCCCC(=O)NCCN(CCOC(C)=O)C(C)=O. The molecule has 0 aliphatic carbocycles. The van der Waals surface area contributed by atoms with Crippen molar-refractivity contribution < 1.29 is 19.1 Å². The first-order chi connectivity index (χ1) is 15.5. The van der Waals surface area contributed by atoms with Gasteiger partial charge in [0, 0.05) is 33.4 Å². The van der Waals surface area contributed by atoms with Crippen LogP contribution in [-0.4, -0.2) is 48.9 Å². The molecule has 0 radical (unpaired) electrons. The quantitative estimate of drug-likeness (QED) is 0.155. The second-order valence-corrected chi connectivity index (χ2v) is 8.18. The molecule has 0 fully saturated rings. The van der Waals surface area contributed by atoms with Gasteiger partial charge in [0.05, 0.1) is 6.54 Å². The van der Waals surface area contributed by atoms with Gasteiger partial charge in [-0.25, -0.2) is 0 Å². The van der Waals surface area contributed by atoms with Crippen LogP contribution >= 0.6 is 0 Å². The van der Waals surface area contributed by atoms with E-state index in [-0.39, 0.29) is 24.4 Å². The van der Waals surface area contributed by atoms with Crippen LogP contribution in [0.3, 0.4) is 0 Å². The van der Waals surface area contributed by atoms with Gasteiger partial charge in [-0.15, -0.1) is 0 Å². The number of ether oxygens (including phenoxy) is 1. The van der Waals surface area contributed by atoms with E-state index >= 15 is 0 Å². The average Bonchev–Trinajstić information content (AvgIpc) is 2.75. The second kappa shape index (κ2) is 22.1. The third-order valence-corrected chi connectivity index (χ3v) is 5.17. The Morgan fingerprint density at radius 3 is 2.06 bits per heavy atom. The Hall–Kier alpha value is -2.11. The van der Waals surface area contributed by atoms with Gasteiger partial charge in [0.2, 0.25) is 11.8 Å². The first kappa shape index (κ1) is 29.9.